The summed E-state index contributed by atoms with van der Waals surface area (Å²) < 4.78 is 4.08. The summed E-state index contributed by atoms with van der Waals surface area (Å²) in [6, 6.07) is 0. The van der Waals surface area contributed by atoms with E-state index in [4.69, 9.17) is 0 Å². The van der Waals surface area contributed by atoms with Crippen LogP contribution in [0.5, 0.6) is 0 Å². The maximum atomic E-state index is 10.0. The third kappa shape index (κ3) is 19.1. The molecule has 0 aromatic rings. The van der Waals surface area contributed by atoms with Crippen molar-refractivity contribution in [1.82, 2.24) is 0 Å². The summed E-state index contributed by atoms with van der Waals surface area (Å²) in [5, 5.41) is 0. The maximum Gasteiger partial charge on any atom is 0.314 e. The number of cyclic esters (lactones) is 2. The van der Waals surface area contributed by atoms with Crippen LogP contribution in [-0.2, 0) is 14.3 Å². The molecule has 0 N–H and O–H groups in total. The number of carbonyl (C=O) groups excluding carboxylic acids is 2. The highest BCUT2D eigenvalue weighted by molar-refractivity contribution is 5.92. The molecule has 0 saturated carbocycles. The lowest BCUT2D eigenvalue weighted by atomic mass is 10.0. The lowest BCUT2D eigenvalue weighted by Crippen LogP contribution is -1.94. The number of unbranched alkanes of at least 4 members (excludes halogenated alkanes) is 13. The van der Waals surface area contributed by atoms with Crippen molar-refractivity contribution in [2.75, 3.05) is 0 Å². The molecule has 1 rings (SSSR count). The van der Waals surface area contributed by atoms with Crippen LogP contribution in [0.25, 0.3) is 0 Å². The molecule has 25 heavy (non-hydrogen) atoms. The normalized spacial score (nSPS) is 13.8. The van der Waals surface area contributed by atoms with Crippen molar-refractivity contribution in [3.63, 3.8) is 0 Å². The van der Waals surface area contributed by atoms with E-state index in [1.165, 1.54) is 89.9 Å². The molecule has 0 bridgehead atoms. The smallest absolute Gasteiger partial charge is 0.314 e. The maximum absolute atomic E-state index is 10.0. The molecule has 0 aliphatic carbocycles. The van der Waals surface area contributed by atoms with Crippen LogP contribution in [0.4, 0.5) is 0 Å². The molecule has 0 spiro atoms. The lowest BCUT2D eigenvalue weighted by Gasteiger charge is -2.02. The highest BCUT2D eigenvalue weighted by Gasteiger charge is 2.19. The Labute approximate surface area is 155 Å². The second-order valence-corrected chi connectivity index (χ2v) is 6.95. The largest absolute Gasteiger partial charge is 0.393 e. The summed E-state index contributed by atoms with van der Waals surface area (Å²) in [6.07, 6.45) is 25.1. The van der Waals surface area contributed by atoms with Crippen LogP contribution >= 0.6 is 0 Å². The first kappa shape index (κ1) is 23.9. The van der Waals surface area contributed by atoms with Crippen LogP contribution in [0.2, 0.25) is 0 Å². The molecular weight excluding hydrogens is 312 g/mol. The van der Waals surface area contributed by atoms with Crippen LogP contribution in [0, 0.1) is 0 Å². The van der Waals surface area contributed by atoms with E-state index in [-0.39, 0.29) is 12.8 Å². The zero-order chi connectivity index (χ0) is 18.6. The minimum atomic E-state index is -0.398. The van der Waals surface area contributed by atoms with Crippen molar-refractivity contribution in [2.24, 2.45) is 0 Å². The van der Waals surface area contributed by atoms with E-state index in [0.717, 1.165) is 0 Å². The Kier molecular flexibility index (Phi) is 18.3. The van der Waals surface area contributed by atoms with E-state index in [2.05, 4.69) is 30.7 Å². The fraction of sp³-hybridized carbons (Fsp3) is 0.818. The number of allylic oxidation sites excluding steroid dienone is 2. The van der Waals surface area contributed by atoms with Gasteiger partial charge in [0.1, 0.15) is 0 Å². The fourth-order valence-corrected chi connectivity index (χ4v) is 2.88. The second kappa shape index (κ2) is 19.2. The summed E-state index contributed by atoms with van der Waals surface area (Å²) in [5.41, 5.74) is 0. The van der Waals surface area contributed by atoms with Crippen molar-refractivity contribution >= 4 is 11.9 Å². The first-order valence-electron chi connectivity index (χ1n) is 10.5. The molecule has 0 aromatic heterocycles. The van der Waals surface area contributed by atoms with Crippen molar-refractivity contribution in [3.05, 3.63) is 12.2 Å². The number of rotatable bonds is 14. The quantitative estimate of drug-likeness (QED) is 0.148. The first-order valence-corrected chi connectivity index (χ1v) is 10.5. The first-order chi connectivity index (χ1) is 12.2. The van der Waals surface area contributed by atoms with Crippen LogP contribution in [0.3, 0.4) is 0 Å². The fourth-order valence-electron chi connectivity index (χ4n) is 2.88. The summed E-state index contributed by atoms with van der Waals surface area (Å²) >= 11 is 0. The highest BCUT2D eigenvalue weighted by atomic mass is 16.6. The average molecular weight is 353 g/mol. The van der Waals surface area contributed by atoms with E-state index in [1.54, 1.807) is 0 Å². The second-order valence-electron chi connectivity index (χ2n) is 6.95. The van der Waals surface area contributed by atoms with E-state index >= 15 is 0 Å². The van der Waals surface area contributed by atoms with Crippen molar-refractivity contribution in [3.8, 4) is 0 Å². The van der Waals surface area contributed by atoms with Gasteiger partial charge >= 0.3 is 11.9 Å². The zero-order valence-corrected chi connectivity index (χ0v) is 16.7. The van der Waals surface area contributed by atoms with Gasteiger partial charge in [0.25, 0.3) is 0 Å². The third-order valence-electron chi connectivity index (χ3n) is 4.47. The summed E-state index contributed by atoms with van der Waals surface area (Å²) in [6.45, 7) is 4.40. The average Bonchev–Trinajstić information content (AvgIpc) is 2.99. The topological polar surface area (TPSA) is 43.4 Å². The molecule has 0 aromatic carbocycles. The molecule has 3 heteroatoms. The van der Waals surface area contributed by atoms with Gasteiger partial charge in [0.2, 0.25) is 0 Å². The molecule has 3 nitrogen and oxygen atoms in total. The Morgan fingerprint density at radius 3 is 1.44 bits per heavy atom. The zero-order valence-electron chi connectivity index (χ0n) is 16.7. The monoisotopic (exact) mass is 352 g/mol. The van der Waals surface area contributed by atoms with Crippen molar-refractivity contribution < 1.29 is 14.3 Å². The van der Waals surface area contributed by atoms with Crippen LogP contribution in [-0.4, -0.2) is 11.9 Å². The van der Waals surface area contributed by atoms with E-state index in [9.17, 15) is 9.59 Å². The van der Waals surface area contributed by atoms with Crippen LogP contribution in [0.15, 0.2) is 12.2 Å². The molecule has 1 fully saturated rings. The molecule has 1 heterocycles. The highest BCUT2D eigenvalue weighted by Crippen LogP contribution is 2.12. The van der Waals surface area contributed by atoms with Gasteiger partial charge in [-0.25, -0.2) is 0 Å². The Balaban J connectivity index is 0.000000676. The van der Waals surface area contributed by atoms with Gasteiger partial charge in [-0.1, -0.05) is 96.1 Å². The van der Waals surface area contributed by atoms with Crippen LogP contribution < -0.4 is 0 Å². The van der Waals surface area contributed by atoms with E-state index in [1.807, 2.05) is 0 Å². The van der Waals surface area contributed by atoms with Gasteiger partial charge in [-0.3, -0.25) is 9.59 Å². The molecule has 146 valence electrons. The molecule has 0 unspecified atom stereocenters. The number of esters is 2. The van der Waals surface area contributed by atoms with Gasteiger partial charge in [0.15, 0.2) is 0 Å². The lowest BCUT2D eigenvalue weighted by molar-refractivity contribution is -0.151. The summed E-state index contributed by atoms with van der Waals surface area (Å²) in [4.78, 5) is 20.0. The predicted octanol–water partition coefficient (Wildman–Crippen LogP) is 6.89. The number of hydrogen-bond acceptors (Lipinski definition) is 3. The Bertz CT molecular complexity index is 333. The minimum absolute atomic E-state index is 0.263. The van der Waals surface area contributed by atoms with Gasteiger partial charge in [-0.2, -0.15) is 0 Å². The Hall–Kier alpha value is -1.12. The van der Waals surface area contributed by atoms with Gasteiger partial charge < -0.3 is 4.74 Å². The molecular formula is C22H40O3. The van der Waals surface area contributed by atoms with E-state index in [0.29, 0.717) is 0 Å². The molecule has 0 radical (unpaired) electrons. The van der Waals surface area contributed by atoms with E-state index < -0.39 is 11.9 Å². The molecule has 0 atom stereocenters. The standard InChI is InChI=1S/C18H36.C4H4O3/c1-3-5-7-9-11-13-15-17-18-16-14-12-10-8-6-4-2;5-3-1-2-4(6)7-3/h3,5H,4,6-18H2,1-2H3;1-2H2. The molecule has 1 aliphatic heterocycles. The summed E-state index contributed by atoms with van der Waals surface area (Å²) in [5.74, 6) is -0.796. The van der Waals surface area contributed by atoms with Crippen LogP contribution in [0.1, 0.15) is 117 Å². The van der Waals surface area contributed by atoms with Crippen molar-refractivity contribution in [2.45, 2.75) is 117 Å². The predicted molar refractivity (Wildman–Crippen MR) is 105 cm³/mol. The number of ether oxygens (including phenoxy) is 1. The summed E-state index contributed by atoms with van der Waals surface area (Å²) in [7, 11) is 0. The Morgan fingerprint density at radius 1 is 0.720 bits per heavy atom. The molecule has 0 amide bonds. The van der Waals surface area contributed by atoms with Gasteiger partial charge in [0, 0.05) is 0 Å². The third-order valence-corrected chi connectivity index (χ3v) is 4.47. The SMILES string of the molecule is CC=CCCCCCCCCCCCCCCC.O=C1CCC(=O)O1. The molecule has 1 saturated heterocycles. The van der Waals surface area contributed by atoms with Gasteiger partial charge in [0.05, 0.1) is 12.8 Å². The number of hydrogen-bond donors (Lipinski definition) is 0. The van der Waals surface area contributed by atoms with Crippen molar-refractivity contribution in [1.29, 1.82) is 0 Å². The van der Waals surface area contributed by atoms with Gasteiger partial charge in [-0.15, -0.1) is 0 Å². The molecule has 1 aliphatic rings. The van der Waals surface area contributed by atoms with Gasteiger partial charge in [-0.05, 0) is 19.8 Å². The number of carbonyl (C=O) groups is 2. The minimum Gasteiger partial charge on any atom is -0.393 e. The Morgan fingerprint density at radius 2 is 1.12 bits per heavy atom.